The van der Waals surface area contributed by atoms with E-state index in [-0.39, 0.29) is 12.9 Å². The first-order chi connectivity index (χ1) is 8.74. The smallest absolute Gasteiger partial charge is 0.264 e. The molecule has 1 rings (SSSR count). The lowest BCUT2D eigenvalue weighted by atomic mass is 10.2. The van der Waals surface area contributed by atoms with E-state index in [0.717, 1.165) is 25.8 Å². The summed E-state index contributed by atoms with van der Waals surface area (Å²) in [5.41, 5.74) is 4.17. The minimum atomic E-state index is -0.397. The molecule has 0 saturated carbocycles. The van der Waals surface area contributed by atoms with Gasteiger partial charge in [-0.15, -0.1) is 0 Å². The van der Waals surface area contributed by atoms with Gasteiger partial charge < -0.3 is 14.8 Å². The molecule has 3 N–H and O–H groups in total. The normalized spacial score (nSPS) is 18.2. The number of ether oxygens (including phenoxy) is 2. The second kappa shape index (κ2) is 12.3. The Morgan fingerprint density at radius 3 is 2.72 bits per heavy atom. The van der Waals surface area contributed by atoms with Crippen LogP contribution in [0.5, 0.6) is 0 Å². The average Bonchev–Trinajstić information content (AvgIpc) is 2.44. The van der Waals surface area contributed by atoms with Crippen molar-refractivity contribution in [2.75, 3.05) is 26.8 Å². The average molecular weight is 261 g/mol. The van der Waals surface area contributed by atoms with Gasteiger partial charge in [0.05, 0.1) is 0 Å². The Bertz CT molecular complexity index is 218. The Morgan fingerprint density at radius 2 is 2.22 bits per heavy atom. The number of amides is 2. The fourth-order valence-electron chi connectivity index (χ4n) is 1.16. The van der Waals surface area contributed by atoms with Crippen LogP contribution in [0.1, 0.15) is 26.2 Å². The summed E-state index contributed by atoms with van der Waals surface area (Å²) in [6.07, 6.45) is 3.01. The second-order valence-corrected chi connectivity index (χ2v) is 3.62. The van der Waals surface area contributed by atoms with Gasteiger partial charge in [0.15, 0.2) is 6.29 Å². The number of nitrogens with one attached hydrogen (secondary N) is 3. The molecule has 0 aromatic carbocycles. The summed E-state index contributed by atoms with van der Waals surface area (Å²) in [5, 5.41) is 2.93. The summed E-state index contributed by atoms with van der Waals surface area (Å²) in [4.78, 5) is 20.8. The number of carbonyl (C=O) groups excluding carboxylic acids is 2. The number of hydrogen-bond acceptors (Lipinski definition) is 5. The fraction of sp³-hybridized carbons (Fsp3) is 0.818. The molecule has 1 aliphatic heterocycles. The molecular formula is C11H23N3O4. The molecule has 1 aliphatic rings. The molecule has 7 nitrogen and oxygen atoms in total. The van der Waals surface area contributed by atoms with Gasteiger partial charge in [-0.25, -0.2) is 0 Å². The van der Waals surface area contributed by atoms with Gasteiger partial charge in [0.1, 0.15) is 6.61 Å². The van der Waals surface area contributed by atoms with Crippen LogP contribution in [-0.4, -0.2) is 45.4 Å². The highest BCUT2D eigenvalue weighted by Gasteiger charge is 2.15. The van der Waals surface area contributed by atoms with Crippen molar-refractivity contribution < 1.29 is 19.1 Å². The zero-order valence-corrected chi connectivity index (χ0v) is 11.0. The number of hydrazine groups is 1. The van der Waals surface area contributed by atoms with Crippen LogP contribution < -0.4 is 16.2 Å². The monoisotopic (exact) mass is 261 g/mol. The third-order valence-electron chi connectivity index (χ3n) is 2.16. The summed E-state index contributed by atoms with van der Waals surface area (Å²) in [7, 11) is 1.93. The molecule has 7 heteroatoms. The van der Waals surface area contributed by atoms with Crippen LogP contribution in [0, 0.1) is 0 Å². The molecule has 1 fully saturated rings. The van der Waals surface area contributed by atoms with Crippen molar-refractivity contribution in [1.82, 2.24) is 16.2 Å². The molecule has 0 aromatic heterocycles. The molecular weight excluding hydrogens is 238 g/mol. The highest BCUT2D eigenvalue weighted by molar-refractivity contribution is 5.77. The van der Waals surface area contributed by atoms with E-state index in [1.54, 1.807) is 0 Å². The van der Waals surface area contributed by atoms with Gasteiger partial charge in [-0.1, -0.05) is 6.92 Å². The van der Waals surface area contributed by atoms with Gasteiger partial charge in [-0.3, -0.25) is 20.4 Å². The van der Waals surface area contributed by atoms with Crippen molar-refractivity contribution in [3.05, 3.63) is 0 Å². The van der Waals surface area contributed by atoms with E-state index >= 15 is 0 Å². The largest absolute Gasteiger partial charge is 0.353 e. The molecule has 0 aliphatic carbocycles. The van der Waals surface area contributed by atoms with Gasteiger partial charge in [-0.2, -0.15) is 0 Å². The van der Waals surface area contributed by atoms with Gasteiger partial charge >= 0.3 is 0 Å². The Kier molecular flexibility index (Phi) is 11.5. The third-order valence-corrected chi connectivity index (χ3v) is 2.16. The minimum Gasteiger partial charge on any atom is -0.353 e. The summed E-state index contributed by atoms with van der Waals surface area (Å²) < 4.78 is 10.4. The minimum absolute atomic E-state index is 0.106. The maximum absolute atomic E-state index is 10.9. The maximum atomic E-state index is 10.9. The Labute approximate surface area is 108 Å². The van der Waals surface area contributed by atoms with Crippen LogP contribution in [-0.2, 0) is 19.1 Å². The predicted octanol–water partition coefficient (Wildman–Crippen LogP) is -0.467. The molecule has 2 amide bonds. The van der Waals surface area contributed by atoms with Crippen LogP contribution in [0.25, 0.3) is 0 Å². The van der Waals surface area contributed by atoms with Gasteiger partial charge in [0.2, 0.25) is 6.41 Å². The molecule has 1 heterocycles. The van der Waals surface area contributed by atoms with E-state index in [0.29, 0.717) is 13.0 Å². The van der Waals surface area contributed by atoms with E-state index in [9.17, 15) is 9.59 Å². The Hall–Kier alpha value is -1.18. The topological polar surface area (TPSA) is 88.7 Å². The number of carbonyl (C=O) groups is 2. The quantitative estimate of drug-likeness (QED) is 0.444. The molecule has 1 saturated heterocycles. The summed E-state index contributed by atoms with van der Waals surface area (Å²) in [5.74, 6) is -0.397. The molecule has 0 aromatic rings. The zero-order valence-electron chi connectivity index (χ0n) is 11.0. The van der Waals surface area contributed by atoms with E-state index in [4.69, 9.17) is 9.47 Å². The fourth-order valence-corrected chi connectivity index (χ4v) is 1.16. The first kappa shape index (κ1) is 16.8. The lowest BCUT2D eigenvalue weighted by molar-refractivity contribution is -0.170. The van der Waals surface area contributed by atoms with E-state index in [1.807, 2.05) is 12.5 Å². The molecule has 0 bridgehead atoms. The summed E-state index contributed by atoms with van der Waals surface area (Å²) >= 11 is 0. The van der Waals surface area contributed by atoms with Crippen LogP contribution in [0.3, 0.4) is 0 Å². The lowest BCUT2D eigenvalue weighted by Crippen LogP contribution is -2.39. The molecule has 1 unspecified atom stereocenters. The van der Waals surface area contributed by atoms with Crippen molar-refractivity contribution in [2.45, 2.75) is 32.5 Å². The Morgan fingerprint density at radius 1 is 1.50 bits per heavy atom. The van der Waals surface area contributed by atoms with Crippen LogP contribution in [0.2, 0.25) is 0 Å². The lowest BCUT2D eigenvalue weighted by Gasteiger charge is -2.22. The van der Waals surface area contributed by atoms with E-state index in [1.165, 1.54) is 0 Å². The van der Waals surface area contributed by atoms with Crippen molar-refractivity contribution in [2.24, 2.45) is 0 Å². The SMILES string of the molecule is CCNC.O=CNNC(=O)COC1CCCCO1. The third kappa shape index (κ3) is 10.0. The van der Waals surface area contributed by atoms with Gasteiger partial charge in [0, 0.05) is 6.61 Å². The standard InChI is InChI=1S/C8H14N2O4.C3H9N/c11-6-9-10-7(12)5-14-8-3-1-2-4-13-8;1-3-4-2/h6,8H,1-5H2,(H,9,11)(H,10,12);4H,3H2,1-2H3. The predicted molar refractivity (Wildman–Crippen MR) is 66.5 cm³/mol. The first-order valence-electron chi connectivity index (χ1n) is 6.10. The number of rotatable bonds is 6. The van der Waals surface area contributed by atoms with Crippen molar-refractivity contribution >= 4 is 12.3 Å². The van der Waals surface area contributed by atoms with Crippen LogP contribution in [0.15, 0.2) is 0 Å². The van der Waals surface area contributed by atoms with Crippen molar-refractivity contribution in [3.63, 3.8) is 0 Å². The second-order valence-electron chi connectivity index (χ2n) is 3.62. The molecule has 18 heavy (non-hydrogen) atoms. The molecule has 0 radical (unpaired) electrons. The van der Waals surface area contributed by atoms with Crippen LogP contribution in [0.4, 0.5) is 0 Å². The molecule has 0 spiro atoms. The van der Waals surface area contributed by atoms with Gasteiger partial charge in [-0.05, 0) is 32.9 Å². The molecule has 1 atom stereocenters. The highest BCUT2D eigenvalue weighted by Crippen LogP contribution is 2.13. The highest BCUT2D eigenvalue weighted by atomic mass is 16.7. The summed E-state index contributed by atoms with van der Waals surface area (Å²) in [6.45, 7) is 3.71. The van der Waals surface area contributed by atoms with E-state index in [2.05, 4.69) is 17.7 Å². The molecule has 106 valence electrons. The van der Waals surface area contributed by atoms with E-state index < -0.39 is 5.91 Å². The van der Waals surface area contributed by atoms with Crippen molar-refractivity contribution in [1.29, 1.82) is 0 Å². The van der Waals surface area contributed by atoms with Crippen molar-refractivity contribution in [3.8, 4) is 0 Å². The summed E-state index contributed by atoms with van der Waals surface area (Å²) in [6, 6.07) is 0. The van der Waals surface area contributed by atoms with Gasteiger partial charge in [0.25, 0.3) is 5.91 Å². The maximum Gasteiger partial charge on any atom is 0.264 e. The zero-order chi connectivity index (χ0) is 13.6. The first-order valence-corrected chi connectivity index (χ1v) is 6.10. The Balaban J connectivity index is 0.000000631. The van der Waals surface area contributed by atoms with Crippen LogP contribution >= 0.6 is 0 Å². The number of hydrogen-bond donors (Lipinski definition) is 3.